The number of carboxylic acid groups (broad SMARTS) is 1. The number of imidazole rings is 1. The van der Waals surface area contributed by atoms with E-state index in [1.165, 1.54) is 0 Å². The summed E-state index contributed by atoms with van der Waals surface area (Å²) in [5, 5.41) is 9.42. The molecule has 0 saturated carbocycles. The third kappa shape index (κ3) is 4.04. The predicted molar refractivity (Wildman–Crippen MR) is 87.2 cm³/mol. The molecule has 2 aromatic rings. The molecular weight excluding hydrogens is 378 g/mol. The highest BCUT2D eigenvalue weighted by Gasteiger charge is 2.19. The van der Waals surface area contributed by atoms with E-state index in [1.807, 2.05) is 17.6 Å². The first-order valence-electron chi connectivity index (χ1n) is 6.06. The van der Waals surface area contributed by atoms with E-state index >= 15 is 0 Å². The van der Waals surface area contributed by atoms with Crippen LogP contribution in [0.3, 0.4) is 0 Å². The van der Waals surface area contributed by atoms with Crippen molar-refractivity contribution in [3.63, 3.8) is 0 Å². The molecule has 114 valence electrons. The number of hydrogen-bond acceptors (Lipinski definition) is 5. The van der Waals surface area contributed by atoms with Crippen molar-refractivity contribution in [1.82, 2.24) is 14.5 Å². The van der Waals surface area contributed by atoms with Crippen molar-refractivity contribution in [1.29, 1.82) is 0 Å². The second-order valence-corrected chi connectivity index (χ2v) is 7.87. The van der Waals surface area contributed by atoms with E-state index in [0.717, 1.165) is 16.2 Å². The molecule has 0 aliphatic heterocycles. The Morgan fingerprint density at radius 3 is 2.95 bits per heavy atom. The van der Waals surface area contributed by atoms with Crippen LogP contribution in [-0.2, 0) is 15.6 Å². The van der Waals surface area contributed by atoms with Gasteiger partial charge in [-0.15, -0.1) is 0 Å². The number of nitrogens with zero attached hydrogens (tertiary/aromatic N) is 3. The van der Waals surface area contributed by atoms with Gasteiger partial charge >= 0.3 is 5.97 Å². The number of thioether (sulfide) groups is 1. The highest BCUT2D eigenvalue weighted by atomic mass is 79.9. The SMILES string of the molecule is CC(CS(C)=O)n1c(SCC(=O)O)nc2cc(Br)cnc21. The third-order valence-corrected chi connectivity index (χ3v) is 5.03. The molecule has 21 heavy (non-hydrogen) atoms. The topological polar surface area (TPSA) is 85.1 Å². The normalized spacial score (nSPS) is 14.2. The summed E-state index contributed by atoms with van der Waals surface area (Å²) in [5.41, 5.74) is 1.36. The highest BCUT2D eigenvalue weighted by molar-refractivity contribution is 9.10. The van der Waals surface area contributed by atoms with Crippen LogP contribution in [0.4, 0.5) is 0 Å². The molecule has 0 amide bonds. The molecule has 0 saturated heterocycles. The van der Waals surface area contributed by atoms with E-state index in [-0.39, 0.29) is 11.8 Å². The quantitative estimate of drug-likeness (QED) is 0.760. The maximum atomic E-state index is 11.5. The standard InChI is InChI=1S/C12H14BrN3O3S2/c1-7(6-21(2)19)16-11-9(3-8(13)4-14-11)15-12(16)20-5-10(17)18/h3-4,7H,5-6H2,1-2H3,(H,17,18). The van der Waals surface area contributed by atoms with E-state index < -0.39 is 16.8 Å². The number of carboxylic acids is 1. The summed E-state index contributed by atoms with van der Waals surface area (Å²) < 4.78 is 14.1. The van der Waals surface area contributed by atoms with Gasteiger partial charge in [0.05, 0.1) is 5.75 Å². The first-order valence-corrected chi connectivity index (χ1v) is 9.57. The van der Waals surface area contributed by atoms with Gasteiger partial charge in [-0.25, -0.2) is 9.97 Å². The molecule has 2 aromatic heterocycles. The summed E-state index contributed by atoms with van der Waals surface area (Å²) in [4.78, 5) is 19.6. The van der Waals surface area contributed by atoms with Gasteiger partial charge in [0.2, 0.25) is 0 Å². The van der Waals surface area contributed by atoms with E-state index in [0.29, 0.717) is 22.1 Å². The number of aliphatic carboxylic acids is 1. The molecule has 2 heterocycles. The van der Waals surface area contributed by atoms with Crippen molar-refractivity contribution in [3.8, 4) is 0 Å². The molecule has 2 rings (SSSR count). The molecule has 9 heteroatoms. The average molecular weight is 392 g/mol. The zero-order chi connectivity index (χ0) is 15.6. The van der Waals surface area contributed by atoms with Gasteiger partial charge in [0.25, 0.3) is 0 Å². The molecule has 0 fully saturated rings. The highest BCUT2D eigenvalue weighted by Crippen LogP contribution is 2.28. The van der Waals surface area contributed by atoms with Crippen molar-refractivity contribution in [2.45, 2.75) is 18.1 Å². The fraction of sp³-hybridized carbons (Fsp3) is 0.417. The number of aromatic nitrogens is 3. The van der Waals surface area contributed by atoms with E-state index in [4.69, 9.17) is 5.11 Å². The molecule has 0 bridgehead atoms. The lowest BCUT2D eigenvalue weighted by molar-refractivity contribution is -0.133. The van der Waals surface area contributed by atoms with Gasteiger partial charge in [-0.1, -0.05) is 11.8 Å². The van der Waals surface area contributed by atoms with Gasteiger partial charge in [0.1, 0.15) is 5.52 Å². The van der Waals surface area contributed by atoms with Gasteiger partial charge < -0.3 is 5.11 Å². The molecule has 6 nitrogen and oxygen atoms in total. The van der Waals surface area contributed by atoms with Gasteiger partial charge in [0, 0.05) is 39.5 Å². The number of fused-ring (bicyclic) bond motifs is 1. The Morgan fingerprint density at radius 1 is 1.62 bits per heavy atom. The summed E-state index contributed by atoms with van der Waals surface area (Å²) in [6, 6.07) is 1.75. The first-order chi connectivity index (χ1) is 9.88. The molecule has 0 aliphatic carbocycles. The van der Waals surface area contributed by atoms with E-state index in [2.05, 4.69) is 25.9 Å². The lowest BCUT2D eigenvalue weighted by atomic mass is 10.4. The minimum atomic E-state index is -0.960. The molecule has 1 N–H and O–H groups in total. The Labute approximate surface area is 136 Å². The van der Waals surface area contributed by atoms with E-state index in [9.17, 15) is 9.00 Å². The van der Waals surface area contributed by atoms with Crippen LogP contribution in [0.1, 0.15) is 13.0 Å². The Balaban J connectivity index is 2.48. The molecule has 2 unspecified atom stereocenters. The van der Waals surface area contributed by atoms with Crippen molar-refractivity contribution >= 4 is 55.6 Å². The van der Waals surface area contributed by atoms with Gasteiger partial charge in [-0.2, -0.15) is 0 Å². The Hall–Kier alpha value is -0.930. The van der Waals surface area contributed by atoms with Crippen LogP contribution in [-0.4, -0.2) is 47.6 Å². The Kier molecular flexibility index (Phi) is 5.39. The number of halogens is 1. The summed E-state index contributed by atoms with van der Waals surface area (Å²) in [6.45, 7) is 1.93. The first kappa shape index (κ1) is 16.4. The van der Waals surface area contributed by atoms with Crippen LogP contribution in [0.2, 0.25) is 0 Å². The largest absolute Gasteiger partial charge is 0.481 e. The van der Waals surface area contributed by atoms with Crippen molar-refractivity contribution in [3.05, 3.63) is 16.7 Å². The van der Waals surface area contributed by atoms with Crippen LogP contribution in [0.25, 0.3) is 11.2 Å². The van der Waals surface area contributed by atoms with Gasteiger partial charge in [-0.3, -0.25) is 13.6 Å². The maximum Gasteiger partial charge on any atom is 0.313 e. The predicted octanol–water partition coefficient (Wildman–Crippen LogP) is 2.31. The van der Waals surface area contributed by atoms with Crippen LogP contribution < -0.4 is 0 Å². The Bertz CT molecular complexity index is 704. The van der Waals surface area contributed by atoms with Crippen LogP contribution in [0, 0.1) is 0 Å². The fourth-order valence-corrected chi connectivity index (χ4v) is 3.94. The monoisotopic (exact) mass is 391 g/mol. The van der Waals surface area contributed by atoms with Crippen LogP contribution in [0.5, 0.6) is 0 Å². The minimum Gasteiger partial charge on any atom is -0.481 e. The van der Waals surface area contributed by atoms with Crippen LogP contribution >= 0.6 is 27.7 Å². The number of hydrogen-bond donors (Lipinski definition) is 1. The third-order valence-electron chi connectivity index (χ3n) is 2.71. The second-order valence-electron chi connectivity index (χ2n) is 4.53. The van der Waals surface area contributed by atoms with E-state index in [1.54, 1.807) is 12.5 Å². The Morgan fingerprint density at radius 2 is 2.33 bits per heavy atom. The smallest absolute Gasteiger partial charge is 0.313 e. The molecule has 0 spiro atoms. The number of carbonyl (C=O) groups is 1. The summed E-state index contributed by atoms with van der Waals surface area (Å²) in [7, 11) is -0.960. The second kappa shape index (κ2) is 6.89. The molecule has 0 radical (unpaired) electrons. The van der Waals surface area contributed by atoms with Gasteiger partial charge in [-0.05, 0) is 28.9 Å². The molecule has 0 aliphatic rings. The zero-order valence-electron chi connectivity index (χ0n) is 11.4. The summed E-state index contributed by atoms with van der Waals surface area (Å²) in [6.07, 6.45) is 3.31. The minimum absolute atomic E-state index is 0.0770. The van der Waals surface area contributed by atoms with Crippen molar-refractivity contribution in [2.75, 3.05) is 17.8 Å². The lowest BCUT2D eigenvalue weighted by Crippen LogP contribution is -2.14. The van der Waals surface area contributed by atoms with Crippen molar-refractivity contribution in [2.24, 2.45) is 0 Å². The van der Waals surface area contributed by atoms with Crippen molar-refractivity contribution < 1.29 is 14.1 Å². The number of rotatable bonds is 6. The maximum absolute atomic E-state index is 11.5. The van der Waals surface area contributed by atoms with Crippen LogP contribution in [0.15, 0.2) is 21.9 Å². The summed E-state index contributed by atoms with van der Waals surface area (Å²) >= 11 is 4.48. The lowest BCUT2D eigenvalue weighted by Gasteiger charge is -2.15. The molecular formula is C12H14BrN3O3S2. The fourth-order valence-electron chi connectivity index (χ4n) is 1.98. The summed E-state index contributed by atoms with van der Waals surface area (Å²) in [5.74, 6) is -0.518. The van der Waals surface area contributed by atoms with Gasteiger partial charge in [0.15, 0.2) is 10.8 Å². The number of pyridine rings is 1. The molecule has 0 aromatic carbocycles. The molecule has 2 atom stereocenters. The average Bonchev–Trinajstić information content (AvgIpc) is 2.72. The zero-order valence-corrected chi connectivity index (χ0v) is 14.7.